The number of rotatable bonds is 9. The van der Waals surface area contributed by atoms with Gasteiger partial charge >= 0.3 is 0 Å². The van der Waals surface area contributed by atoms with E-state index in [2.05, 4.69) is 51.9 Å². The van der Waals surface area contributed by atoms with Gasteiger partial charge in [0.15, 0.2) is 5.96 Å². The average molecular weight is 406 g/mol. The summed E-state index contributed by atoms with van der Waals surface area (Å²) in [5, 5.41) is 10.2. The van der Waals surface area contributed by atoms with Crippen LogP contribution < -0.4 is 10.6 Å². The number of guanidine groups is 1. The molecule has 1 fully saturated rings. The van der Waals surface area contributed by atoms with Gasteiger partial charge < -0.3 is 10.6 Å². The number of hydrogen-bond donors (Lipinski definition) is 2. The Balaban J connectivity index is 1.57. The van der Waals surface area contributed by atoms with E-state index in [1.54, 1.807) is 0 Å². The van der Waals surface area contributed by atoms with Crippen molar-refractivity contribution in [2.45, 2.75) is 45.6 Å². The Morgan fingerprint density at radius 1 is 1.30 bits per heavy atom. The molecule has 0 amide bonds. The van der Waals surface area contributed by atoms with Crippen molar-refractivity contribution in [3.63, 3.8) is 0 Å². The molecular formula is C20H31N5S2. The van der Waals surface area contributed by atoms with Gasteiger partial charge in [0.2, 0.25) is 0 Å². The lowest BCUT2D eigenvalue weighted by molar-refractivity contribution is 0.255. The van der Waals surface area contributed by atoms with Crippen molar-refractivity contribution in [1.29, 1.82) is 0 Å². The van der Waals surface area contributed by atoms with Crippen LogP contribution in [0.15, 0.2) is 28.7 Å². The van der Waals surface area contributed by atoms with E-state index in [0.717, 1.165) is 38.4 Å². The number of nitrogens with one attached hydrogen (secondary N) is 2. The second kappa shape index (κ2) is 10.8. The van der Waals surface area contributed by atoms with Gasteiger partial charge in [-0.3, -0.25) is 9.89 Å². The summed E-state index contributed by atoms with van der Waals surface area (Å²) in [4.78, 5) is 14.8. The van der Waals surface area contributed by atoms with E-state index >= 15 is 0 Å². The number of aromatic nitrogens is 1. The fourth-order valence-corrected chi connectivity index (χ4v) is 5.07. The Labute approximate surface area is 170 Å². The van der Waals surface area contributed by atoms with Crippen LogP contribution in [0.25, 0.3) is 0 Å². The molecule has 2 N–H and O–H groups in total. The molecule has 3 heterocycles. The second-order valence-electron chi connectivity index (χ2n) is 6.74. The maximum absolute atomic E-state index is 4.91. The molecule has 2 aromatic rings. The molecule has 0 radical (unpaired) electrons. The fraction of sp³-hybridized carbons (Fsp3) is 0.600. The van der Waals surface area contributed by atoms with Gasteiger partial charge in [-0.25, -0.2) is 4.98 Å². The van der Waals surface area contributed by atoms with Crippen molar-refractivity contribution in [2.75, 3.05) is 32.7 Å². The zero-order valence-electron chi connectivity index (χ0n) is 16.4. The molecular weight excluding hydrogens is 374 g/mol. The molecule has 148 valence electrons. The number of hydrogen-bond acceptors (Lipinski definition) is 5. The molecule has 1 atom stereocenters. The average Bonchev–Trinajstić information content (AvgIpc) is 3.44. The van der Waals surface area contributed by atoms with Crippen LogP contribution in [0.5, 0.6) is 0 Å². The van der Waals surface area contributed by atoms with E-state index < -0.39 is 0 Å². The molecule has 0 spiro atoms. The summed E-state index contributed by atoms with van der Waals surface area (Å²) < 4.78 is 0. The summed E-state index contributed by atoms with van der Waals surface area (Å²) in [5.74, 6) is 0.908. The van der Waals surface area contributed by atoms with Crippen LogP contribution in [-0.4, -0.2) is 48.6 Å². The monoisotopic (exact) mass is 405 g/mol. The highest BCUT2D eigenvalue weighted by atomic mass is 32.1. The van der Waals surface area contributed by atoms with Gasteiger partial charge in [-0.05, 0) is 50.7 Å². The van der Waals surface area contributed by atoms with Crippen LogP contribution in [0.2, 0.25) is 0 Å². The van der Waals surface area contributed by atoms with Crippen LogP contribution >= 0.6 is 22.7 Å². The number of likely N-dealkylation sites (tertiary alicyclic amines) is 1. The van der Waals surface area contributed by atoms with Crippen molar-refractivity contribution >= 4 is 28.6 Å². The number of aryl methyl sites for hydroxylation is 1. The summed E-state index contributed by atoms with van der Waals surface area (Å²) >= 11 is 3.66. The molecule has 1 aliphatic heterocycles. The zero-order valence-corrected chi connectivity index (χ0v) is 18.0. The first-order valence-corrected chi connectivity index (χ1v) is 11.7. The number of thiophene rings is 1. The predicted molar refractivity (Wildman–Crippen MR) is 117 cm³/mol. The SMILES string of the molecule is CCNC(=NCC(c1cccs1)N1CCCC1)NCCc1ncc(CC)s1. The largest absolute Gasteiger partial charge is 0.357 e. The van der Waals surface area contributed by atoms with E-state index in [4.69, 9.17) is 4.99 Å². The first kappa shape index (κ1) is 20.3. The molecule has 2 aromatic heterocycles. The van der Waals surface area contributed by atoms with Crippen LogP contribution in [0.4, 0.5) is 0 Å². The van der Waals surface area contributed by atoms with E-state index in [9.17, 15) is 0 Å². The van der Waals surface area contributed by atoms with Crippen molar-refractivity contribution in [3.8, 4) is 0 Å². The molecule has 1 saturated heterocycles. The van der Waals surface area contributed by atoms with Crippen molar-refractivity contribution < 1.29 is 0 Å². The molecule has 0 bridgehead atoms. The summed E-state index contributed by atoms with van der Waals surface area (Å²) in [6, 6.07) is 4.79. The van der Waals surface area contributed by atoms with E-state index in [0.29, 0.717) is 6.04 Å². The second-order valence-corrected chi connectivity index (χ2v) is 8.92. The molecule has 1 aliphatic rings. The van der Waals surface area contributed by atoms with E-state index in [1.165, 1.54) is 40.7 Å². The van der Waals surface area contributed by atoms with Crippen LogP contribution in [0.1, 0.15) is 47.5 Å². The lowest BCUT2D eigenvalue weighted by Gasteiger charge is -2.25. The molecule has 0 aliphatic carbocycles. The Hall–Kier alpha value is -1.44. The lowest BCUT2D eigenvalue weighted by atomic mass is 10.2. The fourth-order valence-electron chi connectivity index (χ4n) is 3.35. The molecule has 1 unspecified atom stereocenters. The van der Waals surface area contributed by atoms with Crippen LogP contribution in [0, 0.1) is 0 Å². The normalized spacial score (nSPS) is 16.6. The minimum absolute atomic E-state index is 0.397. The van der Waals surface area contributed by atoms with E-state index in [-0.39, 0.29) is 0 Å². The number of aliphatic imine (C=N–C) groups is 1. The Morgan fingerprint density at radius 3 is 2.81 bits per heavy atom. The Bertz CT molecular complexity index is 689. The highest BCUT2D eigenvalue weighted by Crippen LogP contribution is 2.28. The van der Waals surface area contributed by atoms with Crippen molar-refractivity contribution in [2.24, 2.45) is 4.99 Å². The molecule has 0 saturated carbocycles. The van der Waals surface area contributed by atoms with Crippen molar-refractivity contribution in [1.82, 2.24) is 20.5 Å². The predicted octanol–water partition coefficient (Wildman–Crippen LogP) is 3.70. The quantitative estimate of drug-likeness (QED) is 0.493. The highest BCUT2D eigenvalue weighted by Gasteiger charge is 2.24. The number of thiazole rings is 1. The van der Waals surface area contributed by atoms with E-state index in [1.807, 2.05) is 28.9 Å². The smallest absolute Gasteiger partial charge is 0.191 e. The van der Waals surface area contributed by atoms with Crippen LogP contribution in [-0.2, 0) is 12.8 Å². The standard InChI is InChI=1S/C20H31N5S2/c1-3-16-14-23-19(27-16)9-10-22-20(21-4-2)24-15-17(18-8-7-13-26-18)25-11-5-6-12-25/h7-8,13-14,17H,3-6,9-12,15H2,1-2H3,(H2,21,22,24). The minimum Gasteiger partial charge on any atom is -0.357 e. The van der Waals surface area contributed by atoms with Gasteiger partial charge in [-0.2, -0.15) is 0 Å². The Kier molecular flexibility index (Phi) is 8.10. The zero-order chi connectivity index (χ0) is 18.9. The summed E-state index contributed by atoms with van der Waals surface area (Å²) in [5.41, 5.74) is 0. The number of nitrogens with zero attached hydrogens (tertiary/aromatic N) is 3. The van der Waals surface area contributed by atoms with Gasteiger partial charge in [-0.1, -0.05) is 13.0 Å². The van der Waals surface area contributed by atoms with Gasteiger partial charge in [0.1, 0.15) is 0 Å². The summed E-state index contributed by atoms with van der Waals surface area (Å²) in [6.45, 7) is 9.19. The minimum atomic E-state index is 0.397. The third kappa shape index (κ3) is 6.02. The van der Waals surface area contributed by atoms with Crippen molar-refractivity contribution in [3.05, 3.63) is 38.5 Å². The summed E-state index contributed by atoms with van der Waals surface area (Å²) in [7, 11) is 0. The van der Waals surface area contributed by atoms with Gasteiger partial charge in [0, 0.05) is 35.5 Å². The maximum Gasteiger partial charge on any atom is 0.191 e. The maximum atomic E-state index is 4.91. The highest BCUT2D eigenvalue weighted by molar-refractivity contribution is 7.11. The molecule has 7 heteroatoms. The third-order valence-corrected chi connectivity index (χ3v) is 6.98. The molecule has 3 rings (SSSR count). The van der Waals surface area contributed by atoms with Gasteiger partial charge in [0.05, 0.1) is 17.6 Å². The molecule has 5 nitrogen and oxygen atoms in total. The molecule has 0 aromatic carbocycles. The van der Waals surface area contributed by atoms with Gasteiger partial charge in [-0.15, -0.1) is 22.7 Å². The molecule has 27 heavy (non-hydrogen) atoms. The first-order chi connectivity index (χ1) is 13.3. The summed E-state index contributed by atoms with van der Waals surface area (Å²) in [6.07, 6.45) is 6.61. The van der Waals surface area contributed by atoms with Gasteiger partial charge in [0.25, 0.3) is 0 Å². The Morgan fingerprint density at radius 2 is 2.15 bits per heavy atom. The first-order valence-electron chi connectivity index (χ1n) is 10.0. The lowest BCUT2D eigenvalue weighted by Crippen LogP contribution is -2.39. The van der Waals surface area contributed by atoms with Crippen LogP contribution in [0.3, 0.4) is 0 Å². The topological polar surface area (TPSA) is 52.6 Å². The third-order valence-electron chi connectivity index (χ3n) is 4.80.